The average Bonchev–Trinajstić information content (AvgIpc) is 3.04. The van der Waals surface area contributed by atoms with E-state index >= 15 is 0 Å². The Balaban J connectivity index is 1.66. The normalized spacial score (nSPS) is 11.4. The predicted molar refractivity (Wildman–Crippen MR) is 107 cm³/mol. The summed E-state index contributed by atoms with van der Waals surface area (Å²) in [5, 5.41) is 1.24. The number of hydrogen-bond acceptors (Lipinski definition) is 1. The maximum absolute atomic E-state index is 6.20. The van der Waals surface area contributed by atoms with Crippen molar-refractivity contribution < 1.29 is 0 Å². The summed E-state index contributed by atoms with van der Waals surface area (Å²) in [5.41, 5.74) is 5.18. The molecule has 4 aromatic rings. The SMILES string of the molecule is Clc1ccc(C=Cc2nc3ccc(-c4ccccc4)cc3[nH]2)c(Cl)c1. The van der Waals surface area contributed by atoms with E-state index in [-0.39, 0.29) is 0 Å². The summed E-state index contributed by atoms with van der Waals surface area (Å²) in [6.07, 6.45) is 3.84. The van der Waals surface area contributed by atoms with Crippen LogP contribution in [-0.2, 0) is 0 Å². The molecule has 0 spiro atoms. The van der Waals surface area contributed by atoms with E-state index in [0.29, 0.717) is 10.0 Å². The maximum Gasteiger partial charge on any atom is 0.131 e. The van der Waals surface area contributed by atoms with Gasteiger partial charge >= 0.3 is 0 Å². The van der Waals surface area contributed by atoms with Crippen LogP contribution < -0.4 is 0 Å². The number of imidazole rings is 1. The predicted octanol–water partition coefficient (Wildman–Crippen LogP) is 6.71. The third kappa shape index (κ3) is 3.46. The Morgan fingerprint density at radius 3 is 2.44 bits per heavy atom. The average molecular weight is 365 g/mol. The van der Waals surface area contributed by atoms with Gasteiger partial charge in [-0.2, -0.15) is 0 Å². The van der Waals surface area contributed by atoms with E-state index in [0.717, 1.165) is 28.0 Å². The summed E-state index contributed by atoms with van der Waals surface area (Å²) >= 11 is 12.1. The number of nitrogens with zero attached hydrogens (tertiary/aromatic N) is 1. The summed E-state index contributed by atoms with van der Waals surface area (Å²) in [4.78, 5) is 7.94. The van der Waals surface area contributed by atoms with E-state index in [2.05, 4.69) is 34.2 Å². The molecule has 0 aliphatic carbocycles. The minimum Gasteiger partial charge on any atom is -0.338 e. The van der Waals surface area contributed by atoms with Crippen molar-refractivity contribution in [1.29, 1.82) is 0 Å². The fourth-order valence-electron chi connectivity index (χ4n) is 2.72. The largest absolute Gasteiger partial charge is 0.338 e. The molecule has 0 saturated carbocycles. The molecule has 1 N–H and O–H groups in total. The number of aromatic amines is 1. The van der Waals surface area contributed by atoms with Crippen LogP contribution in [0, 0.1) is 0 Å². The number of hydrogen-bond donors (Lipinski definition) is 1. The lowest BCUT2D eigenvalue weighted by Gasteiger charge is -2.00. The highest BCUT2D eigenvalue weighted by Gasteiger charge is 2.04. The van der Waals surface area contributed by atoms with Crippen molar-refractivity contribution in [3.63, 3.8) is 0 Å². The number of H-pyrrole nitrogens is 1. The topological polar surface area (TPSA) is 28.7 Å². The molecule has 4 rings (SSSR count). The maximum atomic E-state index is 6.20. The van der Waals surface area contributed by atoms with E-state index < -0.39 is 0 Å². The van der Waals surface area contributed by atoms with Crippen LogP contribution in [0.15, 0.2) is 66.7 Å². The van der Waals surface area contributed by atoms with Crippen LogP contribution in [0.3, 0.4) is 0 Å². The summed E-state index contributed by atoms with van der Waals surface area (Å²) in [5.74, 6) is 0.784. The van der Waals surface area contributed by atoms with Crippen molar-refractivity contribution in [3.8, 4) is 11.1 Å². The van der Waals surface area contributed by atoms with Crippen LogP contribution in [0.25, 0.3) is 34.3 Å². The lowest BCUT2D eigenvalue weighted by molar-refractivity contribution is 1.29. The summed E-state index contributed by atoms with van der Waals surface area (Å²) in [7, 11) is 0. The first kappa shape index (κ1) is 15.9. The minimum absolute atomic E-state index is 0.617. The van der Waals surface area contributed by atoms with Crippen molar-refractivity contribution in [2.45, 2.75) is 0 Å². The molecular formula is C21H14Cl2N2. The van der Waals surface area contributed by atoms with Gasteiger partial charge in [0.2, 0.25) is 0 Å². The second-order valence-corrected chi connectivity index (χ2v) is 6.56. The molecule has 25 heavy (non-hydrogen) atoms. The Kier molecular flexibility index (Phi) is 4.31. The van der Waals surface area contributed by atoms with Gasteiger partial charge in [-0.1, -0.05) is 65.7 Å². The van der Waals surface area contributed by atoms with Gasteiger partial charge in [0.05, 0.1) is 11.0 Å². The van der Waals surface area contributed by atoms with Crippen LogP contribution in [0.5, 0.6) is 0 Å². The van der Waals surface area contributed by atoms with Crippen molar-refractivity contribution in [3.05, 3.63) is 88.2 Å². The van der Waals surface area contributed by atoms with Crippen LogP contribution in [0.2, 0.25) is 10.0 Å². The Hall–Kier alpha value is -2.55. The molecular weight excluding hydrogens is 351 g/mol. The molecule has 0 atom stereocenters. The van der Waals surface area contributed by atoms with E-state index in [9.17, 15) is 0 Å². The highest BCUT2D eigenvalue weighted by molar-refractivity contribution is 6.35. The van der Waals surface area contributed by atoms with Crippen LogP contribution >= 0.6 is 23.2 Å². The minimum atomic E-state index is 0.617. The molecule has 2 nitrogen and oxygen atoms in total. The van der Waals surface area contributed by atoms with Gasteiger partial charge in [0.25, 0.3) is 0 Å². The van der Waals surface area contributed by atoms with E-state index in [1.54, 1.807) is 6.07 Å². The van der Waals surface area contributed by atoms with E-state index in [1.165, 1.54) is 5.56 Å². The van der Waals surface area contributed by atoms with Gasteiger partial charge in [0.15, 0.2) is 0 Å². The molecule has 3 aromatic carbocycles. The van der Waals surface area contributed by atoms with Gasteiger partial charge in [-0.15, -0.1) is 0 Å². The summed E-state index contributed by atoms with van der Waals surface area (Å²) in [6.45, 7) is 0. The molecule has 0 bridgehead atoms. The smallest absolute Gasteiger partial charge is 0.131 e. The highest BCUT2D eigenvalue weighted by atomic mass is 35.5. The number of halogens is 2. The molecule has 0 saturated heterocycles. The zero-order chi connectivity index (χ0) is 17.2. The molecule has 1 aromatic heterocycles. The number of fused-ring (bicyclic) bond motifs is 1. The Morgan fingerprint density at radius 1 is 0.800 bits per heavy atom. The lowest BCUT2D eigenvalue weighted by Crippen LogP contribution is -1.77. The Bertz CT molecular complexity index is 1070. The van der Waals surface area contributed by atoms with Gasteiger partial charge < -0.3 is 4.98 Å². The quantitative estimate of drug-likeness (QED) is 0.430. The molecule has 0 unspecified atom stereocenters. The second-order valence-electron chi connectivity index (χ2n) is 5.72. The molecule has 0 amide bonds. The number of aromatic nitrogens is 2. The van der Waals surface area contributed by atoms with Gasteiger partial charge in [-0.05, 0) is 53.1 Å². The first-order valence-electron chi connectivity index (χ1n) is 7.87. The molecule has 0 aliphatic rings. The van der Waals surface area contributed by atoms with Gasteiger partial charge in [-0.3, -0.25) is 0 Å². The van der Waals surface area contributed by atoms with Gasteiger partial charge in [-0.25, -0.2) is 4.98 Å². The molecule has 1 heterocycles. The van der Waals surface area contributed by atoms with Gasteiger partial charge in [0, 0.05) is 10.0 Å². The number of nitrogens with one attached hydrogen (secondary N) is 1. The van der Waals surface area contributed by atoms with Crippen molar-refractivity contribution in [1.82, 2.24) is 9.97 Å². The standard InChI is InChI=1S/C21H14Cl2N2/c22-17-9-6-15(18(23)13-17)8-11-21-24-19-10-7-16(12-20(19)25-21)14-4-2-1-3-5-14/h1-13H,(H,24,25). The van der Waals surface area contributed by atoms with E-state index in [4.69, 9.17) is 23.2 Å². The summed E-state index contributed by atoms with van der Waals surface area (Å²) < 4.78 is 0. The molecule has 4 heteroatoms. The third-order valence-electron chi connectivity index (χ3n) is 3.99. The first-order valence-corrected chi connectivity index (χ1v) is 8.63. The fraction of sp³-hybridized carbons (Fsp3) is 0. The zero-order valence-corrected chi connectivity index (χ0v) is 14.7. The third-order valence-corrected chi connectivity index (χ3v) is 4.55. The Labute approximate surface area is 155 Å². The molecule has 0 aliphatic heterocycles. The van der Waals surface area contributed by atoms with Crippen LogP contribution in [0.4, 0.5) is 0 Å². The van der Waals surface area contributed by atoms with Crippen LogP contribution in [-0.4, -0.2) is 9.97 Å². The highest BCUT2D eigenvalue weighted by Crippen LogP contribution is 2.25. The van der Waals surface area contributed by atoms with Crippen molar-refractivity contribution in [2.75, 3.05) is 0 Å². The van der Waals surface area contributed by atoms with Crippen molar-refractivity contribution in [2.24, 2.45) is 0 Å². The Morgan fingerprint density at radius 2 is 1.64 bits per heavy atom. The first-order chi connectivity index (χ1) is 12.2. The molecule has 0 radical (unpaired) electrons. The second kappa shape index (κ2) is 6.75. The fourth-order valence-corrected chi connectivity index (χ4v) is 3.20. The van der Waals surface area contributed by atoms with Crippen LogP contribution in [0.1, 0.15) is 11.4 Å². The monoisotopic (exact) mass is 364 g/mol. The zero-order valence-electron chi connectivity index (χ0n) is 13.2. The molecule has 0 fully saturated rings. The van der Waals surface area contributed by atoms with E-state index in [1.807, 2.05) is 48.6 Å². The van der Waals surface area contributed by atoms with Crippen molar-refractivity contribution >= 4 is 46.4 Å². The summed E-state index contributed by atoms with van der Waals surface area (Å²) in [6, 6.07) is 22.0. The molecule has 122 valence electrons. The number of benzene rings is 3. The van der Waals surface area contributed by atoms with Gasteiger partial charge in [0.1, 0.15) is 5.82 Å². The number of rotatable bonds is 3. The lowest BCUT2D eigenvalue weighted by atomic mass is 10.1.